The average molecular weight is 1400 g/mol. The van der Waals surface area contributed by atoms with Crippen LogP contribution in [0.1, 0.15) is 307 Å². The van der Waals surface area contributed by atoms with Crippen LogP contribution in [0.5, 0.6) is 0 Å². The molecule has 20 nitrogen and oxygen atoms in total. The highest BCUT2D eigenvalue weighted by molar-refractivity contribution is 7.85. The fourth-order valence-electron chi connectivity index (χ4n) is 12.9. The van der Waals surface area contributed by atoms with E-state index in [2.05, 4.69) is 59.5 Å². The molecule has 21 heteroatoms. The molecule has 1 amide bonds. The molecule has 0 saturated carbocycles. The summed E-state index contributed by atoms with van der Waals surface area (Å²) >= 11 is 0. The normalized spacial score (nSPS) is 13.6. The molecule has 5 atom stereocenters. The minimum absolute atomic E-state index is 0.135. The molecule has 0 saturated heterocycles. The topological polar surface area (TPSA) is 228 Å². The van der Waals surface area contributed by atoms with Crippen molar-refractivity contribution in [2.75, 3.05) is 118 Å². The standard InChI is InChI=1S/C76H148N6O14S/c1-13-18-23-28-33-38-44-71(92-66(6)83)61-79(51-49-76(88)77-50-59-82(11,12)58-43-60-97(89,90)91)55-52-78(53-56-80(62-72(93-67(7)84)45-39-34-29-24-19-14-2)63-73(94-68(8)85)46-40-35-30-25-20-15-3)54-57-81(64-74(95-69(9)86)47-41-36-31-26-21-16-4)65-75(96-70(10)87)48-42-37-32-27-22-17-5/h71-75H,13-65H2,1-12H3,(H-,77,88,89,90,91)/p+1. The number of nitrogens with zero attached hydrogens (tertiary/aromatic N) is 5. The van der Waals surface area contributed by atoms with Gasteiger partial charge in [-0.2, -0.15) is 8.42 Å². The van der Waals surface area contributed by atoms with Crippen molar-refractivity contribution in [3.8, 4) is 0 Å². The van der Waals surface area contributed by atoms with Crippen LogP contribution in [0.3, 0.4) is 0 Å². The van der Waals surface area contributed by atoms with Gasteiger partial charge in [-0.1, -0.05) is 195 Å². The fraction of sp³-hybridized carbons (Fsp3) is 0.921. The maximum absolute atomic E-state index is 13.9. The third-order valence-corrected chi connectivity index (χ3v) is 19.2. The SMILES string of the molecule is CCCCCCCCC(CN(CCC(=O)NCC[N+](C)(C)CCCS(=O)(=O)O)CCN(CCN(CC(CCCCCCCC)OC(C)=O)CC(CCCCCCCC)OC(C)=O)CCN(CC(CCCCCCCC)OC(C)=O)CC(CCCCCCCC)OC(C)=O)OC(C)=O. The van der Waals surface area contributed by atoms with Crippen molar-refractivity contribution in [2.24, 2.45) is 0 Å². The first kappa shape index (κ1) is 93.5. The maximum Gasteiger partial charge on any atom is 0.302 e. The first-order valence-corrected chi connectivity index (χ1v) is 40.7. The molecular weight excluding hydrogens is 1250 g/mol. The van der Waals surface area contributed by atoms with Crippen LogP contribution < -0.4 is 5.32 Å². The molecule has 0 aliphatic rings. The number of hydrogen-bond donors (Lipinski definition) is 2. The lowest BCUT2D eigenvalue weighted by Gasteiger charge is -2.35. The molecule has 0 heterocycles. The zero-order chi connectivity index (χ0) is 72.4. The lowest BCUT2D eigenvalue weighted by atomic mass is 10.0. The molecule has 97 heavy (non-hydrogen) atoms. The molecule has 0 aliphatic carbocycles. The lowest BCUT2D eigenvalue weighted by Crippen LogP contribution is -2.49. The third kappa shape index (κ3) is 61.0. The van der Waals surface area contributed by atoms with Gasteiger partial charge >= 0.3 is 29.8 Å². The molecule has 0 aliphatic heterocycles. The molecule has 0 rings (SSSR count). The molecule has 0 aromatic carbocycles. The Labute approximate surface area is 593 Å². The van der Waals surface area contributed by atoms with Crippen LogP contribution in [0.4, 0.5) is 0 Å². The quantitative estimate of drug-likeness (QED) is 0.0190. The van der Waals surface area contributed by atoms with E-state index in [0.717, 1.165) is 135 Å². The van der Waals surface area contributed by atoms with E-state index in [9.17, 15) is 41.7 Å². The molecule has 0 bridgehead atoms. The number of ether oxygens (including phenoxy) is 5. The number of likely N-dealkylation sites (N-methyl/N-ethyl adjacent to an activating group) is 1. The predicted octanol–water partition coefficient (Wildman–Crippen LogP) is 14.5. The van der Waals surface area contributed by atoms with E-state index >= 15 is 0 Å². The largest absolute Gasteiger partial charge is 0.461 e. The molecule has 0 fully saturated rings. The second-order valence-electron chi connectivity index (χ2n) is 28.7. The van der Waals surface area contributed by atoms with Crippen LogP contribution in [0.2, 0.25) is 0 Å². The first-order chi connectivity index (χ1) is 46.3. The smallest absolute Gasteiger partial charge is 0.302 e. The van der Waals surface area contributed by atoms with Gasteiger partial charge in [0.05, 0.1) is 39.5 Å². The highest BCUT2D eigenvalue weighted by Crippen LogP contribution is 2.20. The predicted molar refractivity (Wildman–Crippen MR) is 394 cm³/mol. The number of hydrogen-bond acceptors (Lipinski definition) is 17. The third-order valence-electron chi connectivity index (χ3n) is 18.4. The van der Waals surface area contributed by atoms with Gasteiger partial charge in [-0.25, -0.2) is 0 Å². The van der Waals surface area contributed by atoms with Crippen LogP contribution >= 0.6 is 0 Å². The summed E-state index contributed by atoms with van der Waals surface area (Å²) in [6, 6.07) is 0. The molecule has 572 valence electrons. The Balaban J connectivity index is 7.97. The van der Waals surface area contributed by atoms with E-state index in [1.165, 1.54) is 92.4 Å². The Morgan fingerprint density at radius 2 is 0.598 bits per heavy atom. The highest BCUT2D eigenvalue weighted by Gasteiger charge is 2.27. The van der Waals surface area contributed by atoms with Crippen LogP contribution in [-0.2, 0) is 62.6 Å². The van der Waals surface area contributed by atoms with E-state index in [1.54, 1.807) is 0 Å². The number of nitrogens with one attached hydrogen (secondary N) is 1. The van der Waals surface area contributed by atoms with Crippen LogP contribution in [0, 0.1) is 0 Å². The Kier molecular flexibility index (Phi) is 59.0. The summed E-state index contributed by atoms with van der Waals surface area (Å²) in [5.41, 5.74) is 0. The van der Waals surface area contributed by atoms with Gasteiger partial charge in [0, 0.05) is 126 Å². The zero-order valence-corrected chi connectivity index (χ0v) is 65.1. The number of quaternary nitrogens is 1. The fourth-order valence-corrected chi connectivity index (χ4v) is 13.4. The van der Waals surface area contributed by atoms with Crippen molar-refractivity contribution in [3.63, 3.8) is 0 Å². The number of amides is 1. The molecule has 0 aromatic heterocycles. The van der Waals surface area contributed by atoms with E-state index in [1.807, 2.05) is 14.1 Å². The van der Waals surface area contributed by atoms with E-state index in [0.29, 0.717) is 135 Å². The van der Waals surface area contributed by atoms with E-state index in [-0.39, 0.29) is 78.8 Å². The number of rotatable bonds is 69. The van der Waals surface area contributed by atoms with Gasteiger partial charge in [-0.15, -0.1) is 0 Å². The first-order valence-electron chi connectivity index (χ1n) is 39.1. The second kappa shape index (κ2) is 61.2. The van der Waals surface area contributed by atoms with Crippen molar-refractivity contribution >= 4 is 45.9 Å². The van der Waals surface area contributed by atoms with Crippen molar-refractivity contribution in [1.82, 2.24) is 24.9 Å². The van der Waals surface area contributed by atoms with Crippen molar-refractivity contribution in [2.45, 2.75) is 337 Å². The minimum Gasteiger partial charge on any atom is -0.461 e. The van der Waals surface area contributed by atoms with Gasteiger partial charge < -0.3 is 33.5 Å². The summed E-state index contributed by atoms with van der Waals surface area (Å²) in [5, 5.41) is 3.10. The Hall–Kier alpha value is -3.47. The summed E-state index contributed by atoms with van der Waals surface area (Å²) in [6.45, 7) is 25.7. The average Bonchev–Trinajstić information content (AvgIpc) is 1.12. The van der Waals surface area contributed by atoms with Crippen LogP contribution in [0.25, 0.3) is 0 Å². The highest BCUT2D eigenvalue weighted by atomic mass is 32.2. The van der Waals surface area contributed by atoms with Crippen molar-refractivity contribution in [3.05, 3.63) is 0 Å². The van der Waals surface area contributed by atoms with Gasteiger partial charge in [0.25, 0.3) is 10.1 Å². The Bertz CT molecular complexity index is 1930. The van der Waals surface area contributed by atoms with Gasteiger partial charge in [0.15, 0.2) is 0 Å². The maximum atomic E-state index is 13.9. The number of carbonyl (C=O) groups excluding carboxylic acids is 6. The van der Waals surface area contributed by atoms with Crippen molar-refractivity contribution in [1.29, 1.82) is 0 Å². The summed E-state index contributed by atoms with van der Waals surface area (Å²) < 4.78 is 63.4. The number of carbonyl (C=O) groups is 6. The summed E-state index contributed by atoms with van der Waals surface area (Å²) in [4.78, 5) is 87.7. The molecule has 0 radical (unpaired) electrons. The number of esters is 5. The second-order valence-corrected chi connectivity index (χ2v) is 30.3. The monoisotopic (exact) mass is 1400 g/mol. The van der Waals surface area contributed by atoms with Crippen LogP contribution in [-0.4, -0.2) is 221 Å². The van der Waals surface area contributed by atoms with Crippen LogP contribution in [0.15, 0.2) is 0 Å². The van der Waals surface area contributed by atoms with Crippen molar-refractivity contribution < 1.29 is 69.9 Å². The van der Waals surface area contributed by atoms with Gasteiger partial charge in [-0.05, 0) is 64.2 Å². The minimum atomic E-state index is -4.08. The van der Waals surface area contributed by atoms with Gasteiger partial charge in [0.1, 0.15) is 30.5 Å². The Morgan fingerprint density at radius 3 is 0.866 bits per heavy atom. The molecule has 2 N–H and O–H groups in total. The number of unbranched alkanes of at least 4 members (excludes halogenated alkanes) is 25. The lowest BCUT2D eigenvalue weighted by molar-refractivity contribution is -0.889. The van der Waals surface area contributed by atoms with Gasteiger partial charge in [0.2, 0.25) is 5.91 Å². The molecule has 0 spiro atoms. The molecule has 0 aromatic rings. The molecule has 5 unspecified atom stereocenters. The van der Waals surface area contributed by atoms with Gasteiger partial charge in [-0.3, -0.25) is 52.9 Å². The summed E-state index contributed by atoms with van der Waals surface area (Å²) in [6.07, 6.45) is 34.9. The Morgan fingerprint density at radius 1 is 0.351 bits per heavy atom. The molecular formula is C76H149N6O14S+. The summed E-state index contributed by atoms with van der Waals surface area (Å²) in [7, 11) is -0.151. The summed E-state index contributed by atoms with van der Waals surface area (Å²) in [5.74, 6) is -2.14. The zero-order valence-electron chi connectivity index (χ0n) is 64.3. The van der Waals surface area contributed by atoms with E-state index < -0.39 is 16.2 Å². The van der Waals surface area contributed by atoms with E-state index in [4.69, 9.17) is 23.7 Å².